The summed E-state index contributed by atoms with van der Waals surface area (Å²) in [5.74, 6) is 1.36. The third-order valence-corrected chi connectivity index (χ3v) is 2.93. The van der Waals surface area contributed by atoms with Crippen LogP contribution in [0.2, 0.25) is 0 Å². The van der Waals surface area contributed by atoms with E-state index in [2.05, 4.69) is 9.97 Å². The molecule has 5 heteroatoms. The summed E-state index contributed by atoms with van der Waals surface area (Å²) in [6, 6.07) is 19.2. The molecule has 2 aromatic carbocycles. The number of nitrogen functional groups attached to an aromatic ring is 2. The maximum atomic E-state index is 5.81. The molecular weight excluding hydrogens is 264 g/mol. The normalized spacial score (nSPS) is 10.3. The molecule has 0 atom stereocenters. The fourth-order valence-electron chi connectivity index (χ4n) is 2.04. The number of nitrogens with zero attached hydrogens (tertiary/aromatic N) is 2. The molecule has 1 heterocycles. The van der Waals surface area contributed by atoms with Gasteiger partial charge in [0.1, 0.15) is 11.6 Å². The Balaban J connectivity index is 2.00. The first-order valence-corrected chi connectivity index (χ1v) is 6.45. The molecule has 0 bridgehead atoms. The van der Waals surface area contributed by atoms with Gasteiger partial charge < -0.3 is 16.2 Å². The van der Waals surface area contributed by atoms with Crippen molar-refractivity contribution in [1.29, 1.82) is 0 Å². The minimum Gasteiger partial charge on any atom is -0.438 e. The van der Waals surface area contributed by atoms with Crippen molar-refractivity contribution in [1.82, 2.24) is 9.97 Å². The average molecular weight is 278 g/mol. The van der Waals surface area contributed by atoms with Gasteiger partial charge in [0, 0.05) is 11.6 Å². The molecule has 0 aliphatic carbocycles. The van der Waals surface area contributed by atoms with E-state index in [1.807, 2.05) is 54.6 Å². The van der Waals surface area contributed by atoms with Crippen LogP contribution in [0.5, 0.6) is 11.6 Å². The highest BCUT2D eigenvalue weighted by molar-refractivity contribution is 5.70. The zero-order chi connectivity index (χ0) is 14.7. The van der Waals surface area contributed by atoms with Crippen molar-refractivity contribution in [2.45, 2.75) is 0 Å². The molecule has 0 radical (unpaired) electrons. The Morgan fingerprint density at radius 1 is 0.810 bits per heavy atom. The zero-order valence-corrected chi connectivity index (χ0v) is 11.2. The Bertz CT molecular complexity index is 739. The van der Waals surface area contributed by atoms with Crippen molar-refractivity contribution in [3.63, 3.8) is 0 Å². The number of hydrogen-bond acceptors (Lipinski definition) is 5. The van der Waals surface area contributed by atoms with Crippen LogP contribution < -0.4 is 16.2 Å². The Hall–Kier alpha value is -3.08. The second-order valence-electron chi connectivity index (χ2n) is 4.45. The number of nitrogens with two attached hydrogens (primary N) is 2. The lowest BCUT2D eigenvalue weighted by Gasteiger charge is -2.11. The molecule has 3 aromatic rings. The van der Waals surface area contributed by atoms with Gasteiger partial charge in [-0.15, -0.1) is 0 Å². The van der Waals surface area contributed by atoms with Crippen molar-refractivity contribution in [3.8, 4) is 22.8 Å². The highest BCUT2D eigenvalue weighted by Crippen LogP contribution is 2.32. The Morgan fingerprint density at radius 2 is 1.52 bits per heavy atom. The van der Waals surface area contributed by atoms with E-state index in [0.29, 0.717) is 11.6 Å². The number of anilines is 2. The van der Waals surface area contributed by atoms with Gasteiger partial charge in [0.25, 0.3) is 0 Å². The molecule has 3 rings (SSSR count). The predicted molar refractivity (Wildman–Crippen MR) is 82.8 cm³/mol. The van der Waals surface area contributed by atoms with Gasteiger partial charge in [0.15, 0.2) is 0 Å². The van der Waals surface area contributed by atoms with Gasteiger partial charge in [-0.3, -0.25) is 0 Å². The number of ether oxygens (including phenoxy) is 1. The molecule has 21 heavy (non-hydrogen) atoms. The van der Waals surface area contributed by atoms with E-state index in [0.717, 1.165) is 11.1 Å². The van der Waals surface area contributed by atoms with E-state index in [-0.39, 0.29) is 11.8 Å². The van der Waals surface area contributed by atoms with Crippen molar-refractivity contribution in [2.75, 3.05) is 11.5 Å². The van der Waals surface area contributed by atoms with Gasteiger partial charge in [-0.05, 0) is 11.6 Å². The molecule has 0 saturated heterocycles. The van der Waals surface area contributed by atoms with E-state index in [4.69, 9.17) is 16.2 Å². The van der Waals surface area contributed by atoms with E-state index < -0.39 is 0 Å². The number of benzene rings is 2. The Morgan fingerprint density at radius 3 is 2.29 bits per heavy atom. The highest BCUT2D eigenvalue weighted by Gasteiger charge is 2.08. The van der Waals surface area contributed by atoms with Crippen molar-refractivity contribution in [3.05, 3.63) is 60.7 Å². The fraction of sp³-hybridized carbons (Fsp3) is 0. The molecule has 0 unspecified atom stereocenters. The quantitative estimate of drug-likeness (QED) is 0.768. The number of aromatic nitrogens is 2. The lowest BCUT2D eigenvalue weighted by Crippen LogP contribution is -2.01. The summed E-state index contributed by atoms with van der Waals surface area (Å²) in [4.78, 5) is 7.85. The molecule has 0 spiro atoms. The summed E-state index contributed by atoms with van der Waals surface area (Å²) in [5.41, 5.74) is 13.3. The van der Waals surface area contributed by atoms with Crippen LogP contribution in [0, 0.1) is 0 Å². The summed E-state index contributed by atoms with van der Waals surface area (Å²) >= 11 is 0. The smallest absolute Gasteiger partial charge is 0.226 e. The third-order valence-electron chi connectivity index (χ3n) is 2.93. The number of rotatable bonds is 3. The summed E-state index contributed by atoms with van der Waals surface area (Å²) in [7, 11) is 0. The zero-order valence-electron chi connectivity index (χ0n) is 11.2. The predicted octanol–water partition coefficient (Wildman–Crippen LogP) is 3.10. The van der Waals surface area contributed by atoms with Crippen LogP contribution in [0.15, 0.2) is 60.7 Å². The van der Waals surface area contributed by atoms with Crippen molar-refractivity contribution >= 4 is 11.8 Å². The van der Waals surface area contributed by atoms with Crippen molar-refractivity contribution < 1.29 is 4.74 Å². The first-order valence-electron chi connectivity index (χ1n) is 6.45. The van der Waals surface area contributed by atoms with Gasteiger partial charge in [-0.1, -0.05) is 48.5 Å². The first-order chi connectivity index (χ1) is 10.2. The lowest BCUT2D eigenvalue weighted by atomic mass is 10.1. The van der Waals surface area contributed by atoms with Gasteiger partial charge in [-0.2, -0.15) is 9.97 Å². The Labute approximate surface area is 122 Å². The standard InChI is InChI=1S/C16H14N4O/c17-14-10-15(20-16(18)19-14)21-13-9-5-4-8-12(13)11-6-2-1-3-7-11/h1-10H,(H4,17,18,19,20). The van der Waals surface area contributed by atoms with Gasteiger partial charge in [-0.25, -0.2) is 0 Å². The van der Waals surface area contributed by atoms with Gasteiger partial charge in [0.05, 0.1) is 0 Å². The monoisotopic (exact) mass is 278 g/mol. The van der Waals surface area contributed by atoms with Crippen LogP contribution >= 0.6 is 0 Å². The fourth-order valence-corrected chi connectivity index (χ4v) is 2.04. The molecule has 0 amide bonds. The van der Waals surface area contributed by atoms with Crippen molar-refractivity contribution in [2.24, 2.45) is 0 Å². The highest BCUT2D eigenvalue weighted by atomic mass is 16.5. The van der Waals surface area contributed by atoms with E-state index in [9.17, 15) is 0 Å². The summed E-state index contributed by atoms with van der Waals surface area (Å²) in [5, 5.41) is 0. The second-order valence-corrected chi connectivity index (χ2v) is 4.45. The summed E-state index contributed by atoms with van der Waals surface area (Å²) in [6.07, 6.45) is 0. The largest absolute Gasteiger partial charge is 0.438 e. The SMILES string of the molecule is Nc1cc(Oc2ccccc2-c2ccccc2)nc(N)n1. The Kier molecular flexibility index (Phi) is 3.39. The molecule has 0 aliphatic heterocycles. The van der Waals surface area contributed by atoms with Crippen LogP contribution in [0.3, 0.4) is 0 Å². The minimum atomic E-state index is 0.0854. The van der Waals surface area contributed by atoms with E-state index >= 15 is 0 Å². The molecule has 0 saturated carbocycles. The van der Waals surface area contributed by atoms with Crippen LogP contribution in [0.25, 0.3) is 11.1 Å². The molecule has 4 N–H and O–H groups in total. The average Bonchev–Trinajstić information content (AvgIpc) is 2.48. The lowest BCUT2D eigenvalue weighted by molar-refractivity contribution is 0.465. The topological polar surface area (TPSA) is 87.0 Å². The minimum absolute atomic E-state index is 0.0854. The van der Waals surface area contributed by atoms with Gasteiger partial charge in [0.2, 0.25) is 11.8 Å². The molecule has 0 fully saturated rings. The summed E-state index contributed by atoms with van der Waals surface area (Å²) in [6.45, 7) is 0. The molecule has 5 nitrogen and oxygen atoms in total. The molecule has 0 aliphatic rings. The van der Waals surface area contributed by atoms with E-state index in [1.54, 1.807) is 0 Å². The van der Waals surface area contributed by atoms with Crippen LogP contribution in [-0.4, -0.2) is 9.97 Å². The third kappa shape index (κ3) is 2.92. The maximum Gasteiger partial charge on any atom is 0.226 e. The number of para-hydroxylation sites is 1. The maximum absolute atomic E-state index is 5.81. The van der Waals surface area contributed by atoms with Crippen LogP contribution in [0.4, 0.5) is 11.8 Å². The van der Waals surface area contributed by atoms with E-state index in [1.165, 1.54) is 6.07 Å². The molecule has 1 aromatic heterocycles. The van der Waals surface area contributed by atoms with Crippen LogP contribution in [-0.2, 0) is 0 Å². The summed E-state index contributed by atoms with van der Waals surface area (Å²) < 4.78 is 5.81. The van der Waals surface area contributed by atoms with Crippen LogP contribution in [0.1, 0.15) is 0 Å². The van der Waals surface area contributed by atoms with Gasteiger partial charge >= 0.3 is 0 Å². The first kappa shape index (κ1) is 12.9. The number of hydrogen-bond donors (Lipinski definition) is 2. The molecular formula is C16H14N4O. The second kappa shape index (κ2) is 5.50. The molecule has 104 valence electrons.